The van der Waals surface area contributed by atoms with E-state index in [-0.39, 0.29) is 6.23 Å². The van der Waals surface area contributed by atoms with Crippen LogP contribution < -0.4 is 9.16 Å². The zero-order valence-electron chi connectivity index (χ0n) is 13.4. The predicted molar refractivity (Wildman–Crippen MR) is 86.0 cm³/mol. The summed E-state index contributed by atoms with van der Waals surface area (Å²) in [4.78, 5) is 0. The molecule has 0 aliphatic carbocycles. The van der Waals surface area contributed by atoms with Gasteiger partial charge in [0.05, 0.1) is 6.61 Å². The third-order valence-corrected chi connectivity index (χ3v) is 8.03. The monoisotopic (exact) mass is 342 g/mol. The minimum atomic E-state index is -2.76. The summed E-state index contributed by atoms with van der Waals surface area (Å²) in [6.45, 7) is 6.23. The molecule has 0 amide bonds. The van der Waals surface area contributed by atoms with Gasteiger partial charge in [0.25, 0.3) is 0 Å². The quantitative estimate of drug-likeness (QED) is 0.708. The van der Waals surface area contributed by atoms with E-state index in [0.717, 1.165) is 11.3 Å². The van der Waals surface area contributed by atoms with Crippen molar-refractivity contribution in [3.63, 3.8) is 0 Å². The van der Waals surface area contributed by atoms with Gasteiger partial charge in [0.2, 0.25) is 0 Å². The summed E-state index contributed by atoms with van der Waals surface area (Å²) < 4.78 is 33.4. The van der Waals surface area contributed by atoms with E-state index in [4.69, 9.17) is 26.9 Å². The summed E-state index contributed by atoms with van der Waals surface area (Å²) in [6, 6.07) is 5.63. The Morgan fingerprint density at radius 2 is 1.95 bits per heavy atom. The Hall–Kier alpha value is -1.17. The maximum atomic E-state index is 5.91. The maximum Gasteiger partial charge on any atom is 0.539 e. The predicted octanol–water partition coefficient (Wildman–Crippen LogP) is 2.19. The second kappa shape index (κ2) is 6.94. The minimum Gasteiger partial charge on any atom is -0.517 e. The van der Waals surface area contributed by atoms with E-state index in [2.05, 4.69) is 6.58 Å². The maximum absolute atomic E-state index is 5.91. The van der Waals surface area contributed by atoms with Gasteiger partial charge in [-0.05, 0) is 30.4 Å². The molecule has 1 aromatic carbocycles. The number of benzene rings is 1. The van der Waals surface area contributed by atoms with Crippen LogP contribution in [0.2, 0.25) is 6.55 Å². The van der Waals surface area contributed by atoms with Gasteiger partial charge in [0, 0.05) is 26.9 Å². The average molecular weight is 342 g/mol. The number of hydrogen-bond donors (Lipinski definition) is 0. The number of ether oxygens (including phenoxy) is 1. The Bertz CT molecular complexity index is 526. The number of fused-ring (bicyclic) bond motifs is 1. The van der Waals surface area contributed by atoms with Gasteiger partial charge in [0.15, 0.2) is 6.23 Å². The topological polar surface area (TPSA) is 55.4 Å². The first-order chi connectivity index (χ1) is 10.5. The summed E-state index contributed by atoms with van der Waals surface area (Å²) in [5.74, 6) is 1.51. The largest absolute Gasteiger partial charge is 0.539 e. The number of rotatable bonds is 7. The lowest BCUT2D eigenvalue weighted by Gasteiger charge is -2.31. The third-order valence-electron chi connectivity index (χ3n) is 3.58. The van der Waals surface area contributed by atoms with Crippen molar-refractivity contribution in [3.8, 4) is 11.5 Å². The van der Waals surface area contributed by atoms with Crippen LogP contribution in [0, 0.1) is 0 Å². The van der Waals surface area contributed by atoms with Gasteiger partial charge in [-0.1, -0.05) is 0 Å². The molecule has 6 nitrogen and oxygen atoms in total. The van der Waals surface area contributed by atoms with Crippen LogP contribution in [0.4, 0.5) is 0 Å². The summed E-state index contributed by atoms with van der Waals surface area (Å²) in [7, 11) is -0.370. The number of hydrogen-bond acceptors (Lipinski definition) is 6. The lowest BCUT2D eigenvalue weighted by molar-refractivity contribution is 0.100. The van der Waals surface area contributed by atoms with Gasteiger partial charge in [-0.2, -0.15) is 0 Å². The first-order valence-electron chi connectivity index (χ1n) is 6.87. The molecule has 1 atom stereocenters. The summed E-state index contributed by atoms with van der Waals surface area (Å²) in [5, 5.41) is 0. The van der Waals surface area contributed by atoms with Gasteiger partial charge in [-0.25, -0.2) is 0 Å². The molecular weight excluding hydrogens is 320 g/mol. The van der Waals surface area contributed by atoms with Crippen LogP contribution in [0.25, 0.3) is 0 Å². The van der Waals surface area contributed by atoms with E-state index < -0.39 is 17.4 Å². The van der Waals surface area contributed by atoms with Crippen molar-refractivity contribution >= 4 is 17.4 Å². The molecule has 0 saturated carbocycles. The van der Waals surface area contributed by atoms with Crippen molar-refractivity contribution in [2.45, 2.75) is 13.2 Å². The molecular formula is C14H22O6Si2. The molecule has 0 bridgehead atoms. The van der Waals surface area contributed by atoms with Crippen LogP contribution in [0.15, 0.2) is 30.5 Å². The molecule has 1 aliphatic heterocycles. The molecule has 0 saturated heterocycles. The second-order valence-electron chi connectivity index (χ2n) is 4.96. The van der Waals surface area contributed by atoms with Crippen molar-refractivity contribution in [1.82, 2.24) is 0 Å². The van der Waals surface area contributed by atoms with Gasteiger partial charge in [-0.15, -0.1) is 6.58 Å². The Morgan fingerprint density at radius 3 is 2.55 bits per heavy atom. The van der Waals surface area contributed by atoms with Crippen molar-refractivity contribution in [3.05, 3.63) is 36.0 Å². The first kappa shape index (κ1) is 17.2. The zero-order valence-corrected chi connectivity index (χ0v) is 15.4. The Labute approximate surface area is 133 Å². The van der Waals surface area contributed by atoms with E-state index >= 15 is 0 Å². The van der Waals surface area contributed by atoms with Gasteiger partial charge < -0.3 is 26.9 Å². The van der Waals surface area contributed by atoms with Crippen LogP contribution in [-0.4, -0.2) is 44.9 Å². The van der Waals surface area contributed by atoms with Gasteiger partial charge in [0.1, 0.15) is 11.5 Å². The fraction of sp³-hybridized carbons (Fsp3) is 0.429. The molecule has 1 aliphatic rings. The van der Waals surface area contributed by atoms with Crippen molar-refractivity contribution in [2.75, 3.05) is 27.6 Å². The first-order valence-corrected chi connectivity index (χ1v) is 11.2. The van der Waals surface area contributed by atoms with Crippen molar-refractivity contribution in [1.29, 1.82) is 0 Å². The summed E-state index contributed by atoms with van der Waals surface area (Å²) >= 11 is 0. The smallest absolute Gasteiger partial charge is 0.517 e. The van der Waals surface area contributed by atoms with E-state index in [0.29, 0.717) is 12.4 Å². The van der Waals surface area contributed by atoms with Crippen molar-refractivity contribution in [2.24, 2.45) is 0 Å². The summed E-state index contributed by atoms with van der Waals surface area (Å²) in [6.07, 6.45) is 0.232. The highest BCUT2D eigenvalue weighted by Gasteiger charge is 2.40. The fourth-order valence-electron chi connectivity index (χ4n) is 2.03. The Balaban J connectivity index is 2.08. The van der Waals surface area contributed by atoms with Crippen molar-refractivity contribution < 1.29 is 26.9 Å². The Kier molecular flexibility index (Phi) is 5.43. The standard InChI is InChI=1S/C14H22O6Si2/c1-6-21(5)19-10-12-9-13(7-8-14(12)20-21)18-11-22(15-2,16-3)17-4/h6-9H,1,10-11H2,2-5H3. The lowest BCUT2D eigenvalue weighted by Crippen LogP contribution is -2.49. The third kappa shape index (κ3) is 3.59. The zero-order chi connectivity index (χ0) is 16.2. The second-order valence-corrected chi connectivity index (χ2v) is 10.8. The SMILES string of the molecule is C=C[Si]1(C)OCc2cc(OC[Si](OC)(OC)OC)ccc2O1. The minimum absolute atomic E-state index is 0.232. The molecule has 0 radical (unpaired) electrons. The van der Waals surface area contributed by atoms with Crippen LogP contribution in [0.1, 0.15) is 5.56 Å². The van der Waals surface area contributed by atoms with Crippen LogP contribution in [0.3, 0.4) is 0 Å². The molecule has 2 rings (SSSR count). The molecule has 122 valence electrons. The summed E-state index contributed by atoms with van der Waals surface area (Å²) in [5.41, 5.74) is 2.72. The highest BCUT2D eigenvalue weighted by molar-refractivity contribution is 6.72. The molecule has 0 aromatic heterocycles. The lowest BCUT2D eigenvalue weighted by atomic mass is 10.2. The molecule has 22 heavy (non-hydrogen) atoms. The van der Waals surface area contributed by atoms with E-state index in [1.807, 2.05) is 24.7 Å². The Morgan fingerprint density at radius 1 is 1.27 bits per heavy atom. The van der Waals surface area contributed by atoms with E-state index in [9.17, 15) is 0 Å². The molecule has 0 spiro atoms. The van der Waals surface area contributed by atoms with Crippen LogP contribution in [-0.2, 0) is 24.3 Å². The molecule has 1 aromatic rings. The molecule has 1 unspecified atom stereocenters. The van der Waals surface area contributed by atoms with Gasteiger partial charge in [-0.3, -0.25) is 0 Å². The molecule has 1 heterocycles. The fourth-order valence-corrected chi connectivity index (χ4v) is 4.56. The highest BCUT2D eigenvalue weighted by Crippen LogP contribution is 2.32. The molecule has 0 fully saturated rings. The van der Waals surface area contributed by atoms with Crippen LogP contribution in [0.5, 0.6) is 11.5 Å². The van der Waals surface area contributed by atoms with E-state index in [1.54, 1.807) is 27.0 Å². The molecule has 0 N–H and O–H groups in total. The normalized spacial score (nSPS) is 20.9. The van der Waals surface area contributed by atoms with E-state index in [1.165, 1.54) is 0 Å². The van der Waals surface area contributed by atoms with Crippen LogP contribution >= 0.6 is 0 Å². The highest BCUT2D eigenvalue weighted by atomic mass is 28.4. The average Bonchev–Trinajstić information content (AvgIpc) is 2.57. The molecule has 8 heteroatoms. The van der Waals surface area contributed by atoms with Gasteiger partial charge >= 0.3 is 17.4 Å².